The van der Waals surface area contributed by atoms with E-state index >= 15 is 0 Å². The van der Waals surface area contributed by atoms with Gasteiger partial charge in [0.25, 0.3) is 0 Å². The molecule has 1 unspecified atom stereocenters. The van der Waals surface area contributed by atoms with Gasteiger partial charge in [0.2, 0.25) is 11.8 Å². The van der Waals surface area contributed by atoms with Crippen LogP contribution in [-0.2, 0) is 19.1 Å². The average molecular weight is 310 g/mol. The summed E-state index contributed by atoms with van der Waals surface area (Å²) in [6.45, 7) is 6.25. The first-order valence-corrected chi connectivity index (χ1v) is 8.41. The van der Waals surface area contributed by atoms with Gasteiger partial charge in [-0.1, -0.05) is 6.92 Å². The van der Waals surface area contributed by atoms with Gasteiger partial charge in [0.1, 0.15) is 6.42 Å². The molecular weight excluding hydrogens is 284 g/mol. The van der Waals surface area contributed by atoms with E-state index in [4.69, 9.17) is 9.47 Å². The molecule has 0 aromatic heterocycles. The predicted octanol–water partition coefficient (Wildman–Crippen LogP) is 1.00. The molecule has 1 spiro atoms. The Morgan fingerprint density at radius 1 is 1.05 bits per heavy atom. The summed E-state index contributed by atoms with van der Waals surface area (Å²) in [4.78, 5) is 28.2. The molecule has 2 amide bonds. The number of hydrogen-bond donors (Lipinski definition) is 0. The minimum atomic E-state index is -0.469. The van der Waals surface area contributed by atoms with Crippen molar-refractivity contribution in [1.29, 1.82) is 0 Å². The van der Waals surface area contributed by atoms with E-state index in [2.05, 4.69) is 6.92 Å². The van der Waals surface area contributed by atoms with Gasteiger partial charge in [-0.15, -0.1) is 0 Å². The van der Waals surface area contributed by atoms with Gasteiger partial charge in [0, 0.05) is 39.0 Å². The highest BCUT2D eigenvalue weighted by molar-refractivity contribution is 5.97. The van der Waals surface area contributed by atoms with Crippen LogP contribution in [0.4, 0.5) is 0 Å². The van der Waals surface area contributed by atoms with Crippen molar-refractivity contribution < 1.29 is 19.1 Å². The van der Waals surface area contributed by atoms with E-state index in [-0.39, 0.29) is 18.2 Å². The van der Waals surface area contributed by atoms with Crippen LogP contribution in [0.25, 0.3) is 0 Å². The maximum atomic E-state index is 12.3. The third kappa shape index (κ3) is 3.43. The Balaban J connectivity index is 1.47. The van der Waals surface area contributed by atoms with Crippen molar-refractivity contribution >= 4 is 11.8 Å². The van der Waals surface area contributed by atoms with Gasteiger partial charge in [-0.3, -0.25) is 9.59 Å². The molecule has 0 aromatic carbocycles. The Morgan fingerprint density at radius 3 is 2.32 bits per heavy atom. The normalized spacial score (nSPS) is 28.1. The van der Waals surface area contributed by atoms with Crippen LogP contribution in [0.1, 0.15) is 39.0 Å². The zero-order valence-corrected chi connectivity index (χ0v) is 13.4. The lowest BCUT2D eigenvalue weighted by Crippen LogP contribution is -2.48. The predicted molar refractivity (Wildman–Crippen MR) is 80.0 cm³/mol. The van der Waals surface area contributed by atoms with E-state index < -0.39 is 5.79 Å². The molecule has 3 aliphatic heterocycles. The fourth-order valence-corrected chi connectivity index (χ4v) is 3.65. The Hall–Kier alpha value is -1.14. The molecule has 0 aromatic rings. The molecule has 1 atom stereocenters. The first kappa shape index (κ1) is 15.7. The number of piperidine rings is 2. The van der Waals surface area contributed by atoms with Gasteiger partial charge in [-0.05, 0) is 18.8 Å². The zero-order chi connectivity index (χ0) is 15.6. The maximum absolute atomic E-state index is 12.3. The lowest BCUT2D eigenvalue weighted by atomic mass is 10.00. The minimum absolute atomic E-state index is 0.00142. The van der Waals surface area contributed by atoms with Crippen molar-refractivity contribution in [3.05, 3.63) is 0 Å². The molecule has 3 saturated heterocycles. The van der Waals surface area contributed by atoms with E-state index in [0.29, 0.717) is 45.1 Å². The van der Waals surface area contributed by atoms with E-state index in [0.717, 1.165) is 19.5 Å². The number of carbonyl (C=O) groups is 2. The summed E-state index contributed by atoms with van der Waals surface area (Å²) >= 11 is 0. The third-order valence-electron chi connectivity index (χ3n) is 5.00. The molecule has 3 aliphatic rings. The van der Waals surface area contributed by atoms with Crippen LogP contribution in [0.15, 0.2) is 0 Å². The second-order valence-electron chi connectivity index (χ2n) is 6.75. The number of rotatable bonds is 2. The van der Waals surface area contributed by atoms with Crippen LogP contribution >= 0.6 is 0 Å². The van der Waals surface area contributed by atoms with Crippen molar-refractivity contribution in [2.24, 2.45) is 5.92 Å². The second-order valence-corrected chi connectivity index (χ2v) is 6.75. The van der Waals surface area contributed by atoms with Gasteiger partial charge < -0.3 is 19.3 Å². The van der Waals surface area contributed by atoms with Gasteiger partial charge >= 0.3 is 0 Å². The third-order valence-corrected chi connectivity index (χ3v) is 5.00. The second kappa shape index (κ2) is 6.54. The molecule has 22 heavy (non-hydrogen) atoms. The molecule has 3 rings (SSSR count). The Bertz CT molecular complexity index is 424. The number of ether oxygens (including phenoxy) is 2. The fourth-order valence-electron chi connectivity index (χ4n) is 3.65. The number of amides is 2. The first-order valence-electron chi connectivity index (χ1n) is 8.41. The highest BCUT2D eigenvalue weighted by atomic mass is 16.7. The summed E-state index contributed by atoms with van der Waals surface area (Å²) in [7, 11) is 0. The molecule has 0 saturated carbocycles. The topological polar surface area (TPSA) is 59.1 Å². The summed E-state index contributed by atoms with van der Waals surface area (Å²) in [6.07, 6.45) is 3.62. The summed E-state index contributed by atoms with van der Waals surface area (Å²) < 4.78 is 11.3. The molecule has 0 N–H and O–H groups in total. The minimum Gasteiger partial charge on any atom is -0.347 e. The van der Waals surface area contributed by atoms with Gasteiger partial charge in [-0.25, -0.2) is 0 Å². The van der Waals surface area contributed by atoms with E-state index in [1.165, 1.54) is 6.42 Å². The number of nitrogens with zero attached hydrogens (tertiary/aromatic N) is 2. The summed E-state index contributed by atoms with van der Waals surface area (Å²) in [5.74, 6) is -0.0103. The monoisotopic (exact) mass is 310 g/mol. The lowest BCUT2D eigenvalue weighted by Gasteiger charge is -2.38. The van der Waals surface area contributed by atoms with E-state index in [1.54, 1.807) is 4.90 Å². The van der Waals surface area contributed by atoms with Crippen LogP contribution in [0.5, 0.6) is 0 Å². The van der Waals surface area contributed by atoms with Crippen molar-refractivity contribution in [3.8, 4) is 0 Å². The average Bonchev–Trinajstić information content (AvgIpc) is 2.96. The quantitative estimate of drug-likeness (QED) is 0.714. The summed E-state index contributed by atoms with van der Waals surface area (Å²) in [6, 6.07) is 0. The smallest absolute Gasteiger partial charge is 0.232 e. The van der Waals surface area contributed by atoms with Crippen LogP contribution in [-0.4, -0.2) is 66.8 Å². The summed E-state index contributed by atoms with van der Waals surface area (Å²) in [5, 5.41) is 0. The Morgan fingerprint density at radius 2 is 1.68 bits per heavy atom. The van der Waals surface area contributed by atoms with Crippen LogP contribution in [0, 0.1) is 5.92 Å². The number of carbonyl (C=O) groups excluding carboxylic acids is 2. The lowest BCUT2D eigenvalue weighted by molar-refractivity contribution is -0.187. The van der Waals surface area contributed by atoms with Crippen LogP contribution in [0.3, 0.4) is 0 Å². The number of hydrogen-bond acceptors (Lipinski definition) is 4. The van der Waals surface area contributed by atoms with Crippen LogP contribution in [0.2, 0.25) is 0 Å². The van der Waals surface area contributed by atoms with Gasteiger partial charge in [0.05, 0.1) is 13.2 Å². The van der Waals surface area contributed by atoms with E-state index in [1.807, 2.05) is 4.90 Å². The van der Waals surface area contributed by atoms with Crippen LogP contribution < -0.4 is 0 Å². The molecule has 6 nitrogen and oxygen atoms in total. The fraction of sp³-hybridized carbons (Fsp3) is 0.875. The van der Waals surface area contributed by atoms with Crippen molar-refractivity contribution in [2.45, 2.75) is 44.8 Å². The molecule has 0 bridgehead atoms. The summed E-state index contributed by atoms with van der Waals surface area (Å²) in [5.41, 5.74) is 0. The SMILES string of the molecule is CC1CCCN(C(=O)CC(=O)N2CCC3(CC2)OCCO3)C1. The molecule has 6 heteroatoms. The first-order chi connectivity index (χ1) is 10.6. The van der Waals surface area contributed by atoms with Crippen molar-refractivity contribution in [2.75, 3.05) is 39.4 Å². The molecule has 3 fully saturated rings. The number of likely N-dealkylation sites (tertiary alicyclic amines) is 2. The van der Waals surface area contributed by atoms with Crippen molar-refractivity contribution in [1.82, 2.24) is 9.80 Å². The molecular formula is C16H26N2O4. The molecule has 3 heterocycles. The maximum Gasteiger partial charge on any atom is 0.232 e. The molecule has 0 radical (unpaired) electrons. The van der Waals surface area contributed by atoms with Gasteiger partial charge in [-0.2, -0.15) is 0 Å². The van der Waals surface area contributed by atoms with Crippen molar-refractivity contribution in [3.63, 3.8) is 0 Å². The highest BCUT2D eigenvalue weighted by Gasteiger charge is 2.41. The highest BCUT2D eigenvalue weighted by Crippen LogP contribution is 2.31. The zero-order valence-electron chi connectivity index (χ0n) is 13.4. The molecule has 124 valence electrons. The van der Waals surface area contributed by atoms with E-state index in [9.17, 15) is 9.59 Å². The molecule has 0 aliphatic carbocycles. The Labute approximate surface area is 131 Å². The van der Waals surface area contributed by atoms with Gasteiger partial charge in [0.15, 0.2) is 5.79 Å². The largest absolute Gasteiger partial charge is 0.347 e. The standard InChI is InChI=1S/C16H26N2O4/c1-13-3-2-6-18(12-13)15(20)11-14(19)17-7-4-16(5-8-17)21-9-10-22-16/h13H,2-12H2,1H3. The Kier molecular flexibility index (Phi) is 4.68.